The van der Waals surface area contributed by atoms with Gasteiger partial charge in [0, 0.05) is 31.8 Å². The fraction of sp³-hybridized carbons (Fsp3) is 0.583. The van der Waals surface area contributed by atoms with Crippen molar-refractivity contribution in [1.82, 2.24) is 0 Å². The number of carbonyl (C=O) groups excluding carboxylic acids is 1. The molecule has 2 nitrogen and oxygen atoms in total. The second kappa shape index (κ2) is 12.8. The van der Waals surface area contributed by atoms with Gasteiger partial charge in [-0.2, -0.15) is 0 Å². The van der Waals surface area contributed by atoms with E-state index in [4.69, 9.17) is 4.74 Å². The monoisotopic (exact) mass is 446 g/mol. The Hall–Kier alpha value is 0.753. The summed E-state index contributed by atoms with van der Waals surface area (Å²) in [6.45, 7) is 2.01. The molecule has 1 heterocycles. The van der Waals surface area contributed by atoms with Gasteiger partial charge >= 0.3 is 5.97 Å². The van der Waals surface area contributed by atoms with E-state index in [2.05, 4.69) is 21.3 Å². The van der Waals surface area contributed by atoms with E-state index in [9.17, 15) is 4.79 Å². The molecule has 0 N–H and O–H groups in total. The smallest absolute Gasteiger partial charge is 0.302 e. The molecule has 0 aliphatic heterocycles. The Morgan fingerprint density at radius 1 is 1.39 bits per heavy atom. The third-order valence-corrected chi connectivity index (χ3v) is 3.95. The number of rotatable bonds is 7. The topological polar surface area (TPSA) is 26.3 Å². The molecule has 1 aromatic rings. The maximum Gasteiger partial charge on any atom is 0.302 e. The maximum absolute atomic E-state index is 10.5. The Balaban J connectivity index is 0. The number of halogens is 2. The fourth-order valence-electron chi connectivity index (χ4n) is 1.43. The van der Waals surface area contributed by atoms with Gasteiger partial charge in [-0.1, -0.05) is 12.8 Å². The molecule has 0 amide bonds. The van der Waals surface area contributed by atoms with Crippen molar-refractivity contribution in [3.63, 3.8) is 0 Å². The van der Waals surface area contributed by atoms with Gasteiger partial charge in [0.15, 0.2) is 0 Å². The SMILES string of the molecule is CC(=O)OCCCCCCc1c[c]sc1Br.[Br-].[Zn]. The first-order valence-corrected chi connectivity index (χ1v) is 7.08. The van der Waals surface area contributed by atoms with Crippen LogP contribution in [0.5, 0.6) is 0 Å². The van der Waals surface area contributed by atoms with Gasteiger partial charge in [-0.3, -0.25) is 4.79 Å². The van der Waals surface area contributed by atoms with Crippen LogP contribution in [0.4, 0.5) is 0 Å². The summed E-state index contributed by atoms with van der Waals surface area (Å²) in [5.41, 5.74) is 1.35. The second-order valence-corrected chi connectivity index (χ2v) is 5.83. The largest absolute Gasteiger partial charge is 1.00 e. The van der Waals surface area contributed by atoms with Crippen LogP contribution in [-0.2, 0) is 35.4 Å². The predicted molar refractivity (Wildman–Crippen MR) is 69.7 cm³/mol. The van der Waals surface area contributed by atoms with Gasteiger partial charge < -0.3 is 21.7 Å². The van der Waals surface area contributed by atoms with Crippen LogP contribution in [-0.4, -0.2) is 12.6 Å². The standard InChI is InChI=1S/C12H16BrO2S.BrH.Zn/c1-10(14)15-8-5-3-2-4-6-11-7-9-16-12(11)13;;/h7H,2-6,8H2,1H3;1H;/p-1. The molecule has 0 aromatic carbocycles. The maximum atomic E-state index is 10.5. The summed E-state index contributed by atoms with van der Waals surface area (Å²) in [5, 5.41) is 3.11. The van der Waals surface area contributed by atoms with Gasteiger partial charge in [-0.25, -0.2) is 0 Å². The molecule has 0 saturated carbocycles. The molecule has 0 fully saturated rings. The number of carbonyl (C=O) groups is 1. The number of unbranched alkanes of at least 4 members (excludes halogenated alkanes) is 3. The van der Waals surface area contributed by atoms with Crippen molar-refractivity contribution in [3.05, 3.63) is 20.8 Å². The van der Waals surface area contributed by atoms with Gasteiger partial charge in [0.1, 0.15) is 0 Å². The van der Waals surface area contributed by atoms with E-state index in [0.29, 0.717) is 6.61 Å². The van der Waals surface area contributed by atoms with Crippen molar-refractivity contribution in [2.24, 2.45) is 0 Å². The van der Waals surface area contributed by atoms with E-state index in [1.807, 2.05) is 6.07 Å². The molecule has 1 radical (unpaired) electrons. The van der Waals surface area contributed by atoms with Crippen molar-refractivity contribution < 1.29 is 46.0 Å². The number of hydrogen-bond acceptors (Lipinski definition) is 3. The van der Waals surface area contributed by atoms with E-state index in [1.54, 1.807) is 11.3 Å². The summed E-state index contributed by atoms with van der Waals surface area (Å²) in [6, 6.07) is 2.05. The van der Waals surface area contributed by atoms with Gasteiger partial charge in [0.25, 0.3) is 0 Å². The van der Waals surface area contributed by atoms with Crippen molar-refractivity contribution in [2.75, 3.05) is 6.61 Å². The number of aryl methyl sites for hydroxylation is 1. The Morgan fingerprint density at radius 2 is 2.06 bits per heavy atom. The Morgan fingerprint density at radius 3 is 2.61 bits per heavy atom. The molecule has 0 unspecified atom stereocenters. The van der Waals surface area contributed by atoms with E-state index < -0.39 is 0 Å². The zero-order valence-corrected chi connectivity index (χ0v) is 17.5. The molecule has 99 valence electrons. The zero-order chi connectivity index (χ0) is 11.8. The van der Waals surface area contributed by atoms with Crippen LogP contribution in [0.2, 0.25) is 0 Å². The van der Waals surface area contributed by atoms with Crippen LogP contribution in [0, 0.1) is 5.38 Å². The third-order valence-electron chi connectivity index (χ3n) is 2.28. The first-order chi connectivity index (χ1) is 7.70. The molecule has 1 aromatic heterocycles. The molecular formula is C12H16Br2O2SZn-. The number of hydrogen-bond donors (Lipinski definition) is 0. The minimum Gasteiger partial charge on any atom is -1.00 e. The number of thiophene rings is 1. The van der Waals surface area contributed by atoms with E-state index >= 15 is 0 Å². The molecule has 0 aliphatic carbocycles. The van der Waals surface area contributed by atoms with Crippen LogP contribution in [0.25, 0.3) is 0 Å². The summed E-state index contributed by atoms with van der Waals surface area (Å²) in [7, 11) is 0. The third kappa shape index (κ3) is 9.65. The average Bonchev–Trinajstić information content (AvgIpc) is 2.62. The van der Waals surface area contributed by atoms with Gasteiger partial charge in [-0.15, -0.1) is 11.3 Å². The summed E-state index contributed by atoms with van der Waals surface area (Å²) in [5.74, 6) is -0.183. The van der Waals surface area contributed by atoms with Crippen molar-refractivity contribution in [2.45, 2.75) is 39.0 Å². The number of esters is 1. The molecule has 0 atom stereocenters. The summed E-state index contributed by atoms with van der Waals surface area (Å²) in [6.07, 6.45) is 5.57. The minimum atomic E-state index is -0.183. The first-order valence-electron chi connectivity index (χ1n) is 5.48. The van der Waals surface area contributed by atoms with E-state index in [-0.39, 0.29) is 42.4 Å². The molecule has 0 aliphatic rings. The summed E-state index contributed by atoms with van der Waals surface area (Å²) in [4.78, 5) is 10.5. The van der Waals surface area contributed by atoms with Gasteiger partial charge in [0.05, 0.1) is 10.4 Å². The molecule has 0 saturated heterocycles. The first kappa shape index (κ1) is 21.1. The minimum absolute atomic E-state index is 0. The van der Waals surface area contributed by atoms with Crippen LogP contribution in [0.15, 0.2) is 9.85 Å². The molecule has 1 rings (SSSR count). The van der Waals surface area contributed by atoms with Crippen LogP contribution >= 0.6 is 27.3 Å². The molecule has 6 heteroatoms. The average molecular weight is 450 g/mol. The molecule has 18 heavy (non-hydrogen) atoms. The Bertz CT molecular complexity index is 332. The van der Waals surface area contributed by atoms with Crippen molar-refractivity contribution in [1.29, 1.82) is 0 Å². The van der Waals surface area contributed by atoms with Crippen LogP contribution in [0.1, 0.15) is 38.2 Å². The van der Waals surface area contributed by atoms with E-state index in [0.717, 1.165) is 19.3 Å². The summed E-state index contributed by atoms with van der Waals surface area (Å²) < 4.78 is 6.06. The van der Waals surface area contributed by atoms with Gasteiger partial charge in [-0.05, 0) is 46.8 Å². The zero-order valence-electron chi connectivity index (χ0n) is 10.5. The Kier molecular flexibility index (Phi) is 14.9. The van der Waals surface area contributed by atoms with Crippen molar-refractivity contribution >= 4 is 33.2 Å². The van der Waals surface area contributed by atoms with Crippen LogP contribution in [0.3, 0.4) is 0 Å². The van der Waals surface area contributed by atoms with Gasteiger partial charge in [0.2, 0.25) is 0 Å². The number of ether oxygens (including phenoxy) is 1. The second-order valence-electron chi connectivity index (χ2n) is 3.67. The normalized spacial score (nSPS) is 9.22. The predicted octanol–water partition coefficient (Wildman–Crippen LogP) is 0.978. The molecule has 0 bridgehead atoms. The molecule has 0 spiro atoms. The van der Waals surface area contributed by atoms with Crippen molar-refractivity contribution in [3.8, 4) is 0 Å². The molecular weight excluding hydrogens is 433 g/mol. The Labute approximate surface area is 145 Å². The fourth-order valence-corrected chi connectivity index (χ4v) is 2.62. The summed E-state index contributed by atoms with van der Waals surface area (Å²) >= 11 is 5.12. The van der Waals surface area contributed by atoms with Crippen LogP contribution < -0.4 is 17.0 Å². The van der Waals surface area contributed by atoms with E-state index in [1.165, 1.54) is 29.1 Å². The quantitative estimate of drug-likeness (QED) is 0.353.